The van der Waals surface area contributed by atoms with Crippen LogP contribution in [-0.4, -0.2) is 55.1 Å². The van der Waals surface area contributed by atoms with Crippen molar-refractivity contribution in [1.82, 2.24) is 9.80 Å². The Labute approximate surface area is 160 Å². The van der Waals surface area contributed by atoms with Crippen molar-refractivity contribution in [2.24, 2.45) is 0 Å². The zero-order chi connectivity index (χ0) is 18.6. The van der Waals surface area contributed by atoms with E-state index in [0.29, 0.717) is 6.04 Å². The lowest BCUT2D eigenvalue weighted by atomic mass is 10.0. The summed E-state index contributed by atoms with van der Waals surface area (Å²) in [5.41, 5.74) is 2.30. The Morgan fingerprint density at radius 1 is 0.704 bits per heavy atom. The largest absolute Gasteiger partial charge is 0.369 e. The number of likely N-dealkylation sites (tertiary alicyclic amines) is 1. The Kier molecular flexibility index (Phi) is 5.69. The minimum Gasteiger partial charge on any atom is -0.369 e. The lowest BCUT2D eigenvalue weighted by Gasteiger charge is -2.43. The minimum atomic E-state index is -0.176. The van der Waals surface area contributed by atoms with Gasteiger partial charge in [-0.2, -0.15) is 0 Å². The van der Waals surface area contributed by atoms with Crippen molar-refractivity contribution in [3.05, 3.63) is 65.7 Å². The molecule has 3 nitrogen and oxygen atoms in total. The summed E-state index contributed by atoms with van der Waals surface area (Å²) in [5.74, 6) is -0.345. The molecular formula is C22H27F2N3. The second kappa shape index (κ2) is 8.36. The van der Waals surface area contributed by atoms with Crippen LogP contribution >= 0.6 is 0 Å². The molecule has 2 aliphatic heterocycles. The van der Waals surface area contributed by atoms with Crippen LogP contribution in [0.5, 0.6) is 0 Å². The van der Waals surface area contributed by atoms with Gasteiger partial charge in [0.05, 0.1) is 0 Å². The van der Waals surface area contributed by atoms with E-state index in [4.69, 9.17) is 0 Å². The molecule has 27 heavy (non-hydrogen) atoms. The Hall–Kier alpha value is -1.98. The smallest absolute Gasteiger partial charge is 0.123 e. The van der Waals surface area contributed by atoms with Crippen LogP contribution < -0.4 is 4.90 Å². The topological polar surface area (TPSA) is 9.72 Å². The molecule has 0 unspecified atom stereocenters. The molecule has 0 aliphatic carbocycles. The molecule has 2 aromatic carbocycles. The van der Waals surface area contributed by atoms with Crippen molar-refractivity contribution in [1.29, 1.82) is 0 Å². The zero-order valence-electron chi connectivity index (χ0n) is 15.7. The fourth-order valence-corrected chi connectivity index (χ4v) is 4.29. The van der Waals surface area contributed by atoms with E-state index >= 15 is 0 Å². The zero-order valence-corrected chi connectivity index (χ0v) is 15.7. The lowest BCUT2D eigenvalue weighted by molar-refractivity contribution is 0.0998. The van der Waals surface area contributed by atoms with Gasteiger partial charge in [0, 0.05) is 44.5 Å². The van der Waals surface area contributed by atoms with Crippen LogP contribution in [0.25, 0.3) is 0 Å². The van der Waals surface area contributed by atoms with Crippen molar-refractivity contribution < 1.29 is 8.78 Å². The lowest BCUT2D eigenvalue weighted by Crippen LogP contribution is -2.53. The van der Waals surface area contributed by atoms with Crippen LogP contribution in [-0.2, 0) is 6.54 Å². The van der Waals surface area contributed by atoms with Crippen LogP contribution in [0.1, 0.15) is 18.4 Å². The molecule has 2 aromatic rings. The average Bonchev–Trinajstić information content (AvgIpc) is 2.71. The van der Waals surface area contributed by atoms with E-state index in [2.05, 4.69) is 14.7 Å². The molecule has 2 saturated heterocycles. The fraction of sp³-hybridized carbons (Fsp3) is 0.455. The van der Waals surface area contributed by atoms with Crippen molar-refractivity contribution in [2.45, 2.75) is 25.4 Å². The normalized spacial score (nSPS) is 20.1. The maximum atomic E-state index is 13.1. The summed E-state index contributed by atoms with van der Waals surface area (Å²) in [6.07, 6.45) is 2.38. The second-order valence-corrected chi connectivity index (χ2v) is 7.63. The first-order chi connectivity index (χ1) is 13.2. The number of benzene rings is 2. The minimum absolute atomic E-state index is 0.169. The van der Waals surface area contributed by atoms with E-state index < -0.39 is 0 Å². The molecule has 2 aliphatic rings. The highest BCUT2D eigenvalue weighted by Gasteiger charge is 2.27. The number of hydrogen-bond acceptors (Lipinski definition) is 3. The molecule has 0 bridgehead atoms. The van der Waals surface area contributed by atoms with Crippen LogP contribution in [0.3, 0.4) is 0 Å². The van der Waals surface area contributed by atoms with Crippen LogP contribution in [0.2, 0.25) is 0 Å². The third kappa shape index (κ3) is 4.66. The molecular weight excluding hydrogens is 344 g/mol. The van der Waals surface area contributed by atoms with Gasteiger partial charge in [-0.3, -0.25) is 9.80 Å². The molecule has 0 saturated carbocycles. The summed E-state index contributed by atoms with van der Waals surface area (Å²) in [6, 6.07) is 14.3. The Bertz CT molecular complexity index is 716. The highest BCUT2D eigenvalue weighted by Crippen LogP contribution is 2.22. The molecule has 0 atom stereocenters. The van der Waals surface area contributed by atoms with Gasteiger partial charge in [-0.25, -0.2) is 8.78 Å². The summed E-state index contributed by atoms with van der Waals surface area (Å²) in [7, 11) is 0. The molecule has 2 heterocycles. The maximum Gasteiger partial charge on any atom is 0.123 e. The number of hydrogen-bond donors (Lipinski definition) is 0. The quantitative estimate of drug-likeness (QED) is 0.810. The number of rotatable bonds is 4. The van der Waals surface area contributed by atoms with Gasteiger partial charge in [0.15, 0.2) is 0 Å². The van der Waals surface area contributed by atoms with Gasteiger partial charge in [-0.05, 0) is 67.9 Å². The number of halogens is 2. The van der Waals surface area contributed by atoms with E-state index in [9.17, 15) is 8.78 Å². The predicted molar refractivity (Wildman–Crippen MR) is 105 cm³/mol. The first-order valence-corrected chi connectivity index (χ1v) is 9.89. The number of anilines is 1. The summed E-state index contributed by atoms with van der Waals surface area (Å²) >= 11 is 0. The highest BCUT2D eigenvalue weighted by molar-refractivity contribution is 5.46. The van der Waals surface area contributed by atoms with Gasteiger partial charge >= 0.3 is 0 Å². The Morgan fingerprint density at radius 3 is 1.85 bits per heavy atom. The van der Waals surface area contributed by atoms with Gasteiger partial charge in [0.1, 0.15) is 11.6 Å². The summed E-state index contributed by atoms with van der Waals surface area (Å²) in [5, 5.41) is 0. The molecule has 4 rings (SSSR count). The van der Waals surface area contributed by atoms with E-state index in [0.717, 1.165) is 51.5 Å². The Balaban J connectivity index is 1.23. The first-order valence-electron chi connectivity index (χ1n) is 9.89. The molecule has 144 valence electrons. The average molecular weight is 371 g/mol. The molecule has 5 heteroatoms. The molecule has 0 radical (unpaired) electrons. The van der Waals surface area contributed by atoms with Crippen LogP contribution in [0.4, 0.5) is 14.5 Å². The molecule has 0 amide bonds. The summed E-state index contributed by atoms with van der Waals surface area (Å²) in [6.45, 7) is 7.24. The second-order valence-electron chi connectivity index (χ2n) is 7.63. The van der Waals surface area contributed by atoms with Crippen LogP contribution in [0, 0.1) is 11.6 Å². The van der Waals surface area contributed by atoms with Crippen molar-refractivity contribution in [3.8, 4) is 0 Å². The fourth-order valence-electron chi connectivity index (χ4n) is 4.29. The Morgan fingerprint density at radius 2 is 1.26 bits per heavy atom. The van der Waals surface area contributed by atoms with Gasteiger partial charge in [0.2, 0.25) is 0 Å². The van der Waals surface area contributed by atoms with Gasteiger partial charge in [0.25, 0.3) is 0 Å². The molecule has 0 N–H and O–H groups in total. The van der Waals surface area contributed by atoms with Gasteiger partial charge in [-0.15, -0.1) is 0 Å². The monoisotopic (exact) mass is 371 g/mol. The van der Waals surface area contributed by atoms with Crippen LogP contribution in [0.15, 0.2) is 48.5 Å². The predicted octanol–water partition coefficient (Wildman–Crippen LogP) is 3.75. The molecule has 0 spiro atoms. The number of piperidine rings is 1. The van der Waals surface area contributed by atoms with E-state index in [1.165, 1.54) is 18.4 Å². The number of piperazine rings is 1. The maximum absolute atomic E-state index is 13.1. The SMILES string of the molecule is Fc1ccc(CN2CCC(N3CCN(c4ccc(F)cc4)CC3)CC2)cc1. The molecule has 0 aromatic heterocycles. The first kappa shape index (κ1) is 18.4. The summed E-state index contributed by atoms with van der Waals surface area (Å²) < 4.78 is 26.1. The summed E-state index contributed by atoms with van der Waals surface area (Å²) in [4.78, 5) is 7.44. The third-order valence-electron chi connectivity index (χ3n) is 5.90. The molecule has 2 fully saturated rings. The van der Waals surface area contributed by atoms with Gasteiger partial charge < -0.3 is 4.90 Å². The third-order valence-corrected chi connectivity index (χ3v) is 5.90. The standard InChI is InChI=1S/C22H27F2N3/c23-19-3-1-18(2-4-19)17-25-11-9-22(10-12-25)27-15-13-26(14-16-27)21-7-5-20(24)6-8-21/h1-8,22H,9-17H2. The van der Waals surface area contributed by atoms with Crippen molar-refractivity contribution in [2.75, 3.05) is 44.2 Å². The van der Waals surface area contributed by atoms with Crippen molar-refractivity contribution in [3.63, 3.8) is 0 Å². The van der Waals surface area contributed by atoms with E-state index in [-0.39, 0.29) is 11.6 Å². The highest BCUT2D eigenvalue weighted by atomic mass is 19.1. The van der Waals surface area contributed by atoms with Gasteiger partial charge in [-0.1, -0.05) is 12.1 Å². The van der Waals surface area contributed by atoms with E-state index in [1.54, 1.807) is 24.3 Å². The van der Waals surface area contributed by atoms with Crippen molar-refractivity contribution >= 4 is 5.69 Å². The number of nitrogens with zero attached hydrogens (tertiary/aromatic N) is 3. The van der Waals surface area contributed by atoms with E-state index in [1.807, 2.05) is 24.3 Å².